The molecule has 2 fully saturated rings. The molecule has 3 heteroatoms. The molecule has 3 atom stereocenters. The number of hydrogen-bond acceptors (Lipinski definition) is 3. The Morgan fingerprint density at radius 1 is 1.35 bits per heavy atom. The third kappa shape index (κ3) is 3.94. The van der Waals surface area contributed by atoms with E-state index in [1.807, 2.05) is 0 Å². The Bertz CT molecular complexity index is 216. The van der Waals surface area contributed by atoms with Crippen LogP contribution in [0.1, 0.15) is 46.0 Å². The van der Waals surface area contributed by atoms with E-state index in [0.29, 0.717) is 12.1 Å². The molecule has 2 rings (SSSR count). The normalized spacial score (nSPS) is 36.0. The average molecular weight is 240 g/mol. The monoisotopic (exact) mass is 240 g/mol. The first-order valence-corrected chi connectivity index (χ1v) is 7.38. The van der Waals surface area contributed by atoms with Crippen LogP contribution in [0.2, 0.25) is 0 Å². The lowest BCUT2D eigenvalue weighted by Crippen LogP contribution is -2.41. The molecule has 3 unspecified atom stereocenters. The minimum Gasteiger partial charge on any atom is -0.378 e. The van der Waals surface area contributed by atoms with E-state index in [0.717, 1.165) is 12.6 Å². The quantitative estimate of drug-likeness (QED) is 0.813. The van der Waals surface area contributed by atoms with Crippen LogP contribution < -0.4 is 5.32 Å². The Hall–Kier alpha value is -0.120. The van der Waals surface area contributed by atoms with Crippen molar-refractivity contribution in [1.29, 1.82) is 0 Å². The van der Waals surface area contributed by atoms with Crippen molar-refractivity contribution in [2.75, 3.05) is 26.2 Å². The number of hydrogen-bond donors (Lipinski definition) is 1. The molecule has 0 bridgehead atoms. The second kappa shape index (κ2) is 6.72. The molecule has 2 aliphatic rings. The maximum atomic E-state index is 5.72. The van der Waals surface area contributed by atoms with Crippen molar-refractivity contribution in [2.45, 2.75) is 64.1 Å². The van der Waals surface area contributed by atoms with Crippen LogP contribution in [-0.4, -0.2) is 49.3 Å². The van der Waals surface area contributed by atoms with Gasteiger partial charge in [0.1, 0.15) is 0 Å². The molecule has 2 aliphatic heterocycles. The molecule has 0 aromatic heterocycles. The first-order chi connectivity index (χ1) is 8.29. The number of nitrogens with zero attached hydrogens (tertiary/aromatic N) is 1. The topological polar surface area (TPSA) is 24.5 Å². The third-order valence-corrected chi connectivity index (χ3v) is 4.33. The van der Waals surface area contributed by atoms with Crippen LogP contribution in [0.3, 0.4) is 0 Å². The second-order valence-corrected chi connectivity index (χ2v) is 5.62. The standard InChI is InChI=1S/C14H28N2O/c1-3-13-11-16(12(2)6-8-15-13)9-7-14-5-4-10-17-14/h12-15H,3-11H2,1-2H3. The van der Waals surface area contributed by atoms with Crippen LogP contribution >= 0.6 is 0 Å². The van der Waals surface area contributed by atoms with Crippen molar-refractivity contribution in [3.8, 4) is 0 Å². The summed E-state index contributed by atoms with van der Waals surface area (Å²) in [6.45, 7) is 9.24. The van der Waals surface area contributed by atoms with Crippen molar-refractivity contribution in [2.24, 2.45) is 0 Å². The number of rotatable bonds is 4. The summed E-state index contributed by atoms with van der Waals surface area (Å²) in [4.78, 5) is 2.66. The molecule has 0 aromatic rings. The highest BCUT2D eigenvalue weighted by molar-refractivity contribution is 4.81. The maximum Gasteiger partial charge on any atom is 0.0588 e. The molecule has 0 aliphatic carbocycles. The lowest BCUT2D eigenvalue weighted by atomic mass is 10.1. The predicted octanol–water partition coefficient (Wildman–Crippen LogP) is 2.02. The minimum atomic E-state index is 0.540. The SMILES string of the molecule is CCC1CN(CCC2CCCO2)C(C)CCN1. The zero-order chi connectivity index (χ0) is 12.1. The van der Waals surface area contributed by atoms with Crippen molar-refractivity contribution in [3.63, 3.8) is 0 Å². The highest BCUT2D eigenvalue weighted by Gasteiger charge is 2.23. The summed E-state index contributed by atoms with van der Waals surface area (Å²) in [5.74, 6) is 0. The Morgan fingerprint density at radius 2 is 2.24 bits per heavy atom. The lowest BCUT2D eigenvalue weighted by molar-refractivity contribution is 0.0851. The van der Waals surface area contributed by atoms with E-state index in [2.05, 4.69) is 24.1 Å². The molecule has 100 valence electrons. The minimum absolute atomic E-state index is 0.540. The van der Waals surface area contributed by atoms with Gasteiger partial charge in [-0.2, -0.15) is 0 Å². The fourth-order valence-electron chi connectivity index (χ4n) is 2.97. The Balaban J connectivity index is 1.78. The average Bonchev–Trinajstić information content (AvgIpc) is 2.78. The van der Waals surface area contributed by atoms with Gasteiger partial charge < -0.3 is 10.1 Å². The molecular weight excluding hydrogens is 212 g/mol. The summed E-state index contributed by atoms with van der Waals surface area (Å²) in [5.41, 5.74) is 0. The van der Waals surface area contributed by atoms with Gasteiger partial charge in [-0.25, -0.2) is 0 Å². The molecule has 17 heavy (non-hydrogen) atoms. The smallest absolute Gasteiger partial charge is 0.0588 e. The summed E-state index contributed by atoms with van der Waals surface area (Å²) in [7, 11) is 0. The summed E-state index contributed by atoms with van der Waals surface area (Å²) in [5, 5.41) is 3.65. The Morgan fingerprint density at radius 3 is 2.94 bits per heavy atom. The van der Waals surface area contributed by atoms with Gasteiger partial charge in [-0.05, 0) is 45.6 Å². The van der Waals surface area contributed by atoms with E-state index in [1.54, 1.807) is 0 Å². The molecular formula is C14H28N2O. The summed E-state index contributed by atoms with van der Waals surface area (Å²) in [6.07, 6.45) is 6.82. The fraction of sp³-hybridized carbons (Fsp3) is 1.00. The van der Waals surface area contributed by atoms with Crippen LogP contribution in [0.15, 0.2) is 0 Å². The summed E-state index contributed by atoms with van der Waals surface area (Å²) < 4.78 is 5.72. The van der Waals surface area contributed by atoms with Crippen LogP contribution in [0.4, 0.5) is 0 Å². The van der Waals surface area contributed by atoms with E-state index in [9.17, 15) is 0 Å². The van der Waals surface area contributed by atoms with Gasteiger partial charge in [0, 0.05) is 31.8 Å². The van der Waals surface area contributed by atoms with Gasteiger partial charge in [-0.15, -0.1) is 0 Å². The first-order valence-electron chi connectivity index (χ1n) is 7.38. The van der Waals surface area contributed by atoms with Gasteiger partial charge in [0.05, 0.1) is 6.10 Å². The van der Waals surface area contributed by atoms with Gasteiger partial charge >= 0.3 is 0 Å². The van der Waals surface area contributed by atoms with Crippen LogP contribution in [0.5, 0.6) is 0 Å². The van der Waals surface area contributed by atoms with Gasteiger partial charge in [-0.3, -0.25) is 4.90 Å². The third-order valence-electron chi connectivity index (χ3n) is 4.33. The predicted molar refractivity (Wildman–Crippen MR) is 71.3 cm³/mol. The number of ether oxygens (including phenoxy) is 1. The summed E-state index contributed by atoms with van der Waals surface area (Å²) in [6, 6.07) is 1.41. The zero-order valence-corrected chi connectivity index (χ0v) is 11.5. The molecule has 0 radical (unpaired) electrons. The molecule has 1 N–H and O–H groups in total. The molecule has 3 nitrogen and oxygen atoms in total. The van der Waals surface area contributed by atoms with Crippen molar-refractivity contribution >= 4 is 0 Å². The molecule has 0 amide bonds. The van der Waals surface area contributed by atoms with E-state index in [-0.39, 0.29) is 0 Å². The van der Waals surface area contributed by atoms with E-state index < -0.39 is 0 Å². The zero-order valence-electron chi connectivity index (χ0n) is 11.5. The largest absolute Gasteiger partial charge is 0.378 e. The molecule has 2 heterocycles. The van der Waals surface area contributed by atoms with Crippen molar-refractivity contribution < 1.29 is 4.74 Å². The first kappa shape index (κ1) is 13.3. The molecule has 0 saturated carbocycles. The Labute approximate surface area is 106 Å². The molecule has 0 spiro atoms. The highest BCUT2D eigenvalue weighted by Crippen LogP contribution is 2.18. The summed E-state index contributed by atoms with van der Waals surface area (Å²) >= 11 is 0. The van der Waals surface area contributed by atoms with Crippen molar-refractivity contribution in [3.05, 3.63) is 0 Å². The van der Waals surface area contributed by atoms with Crippen LogP contribution in [0.25, 0.3) is 0 Å². The number of nitrogens with one attached hydrogen (secondary N) is 1. The fourth-order valence-corrected chi connectivity index (χ4v) is 2.97. The maximum absolute atomic E-state index is 5.72. The van der Waals surface area contributed by atoms with E-state index >= 15 is 0 Å². The highest BCUT2D eigenvalue weighted by atomic mass is 16.5. The van der Waals surface area contributed by atoms with Crippen LogP contribution in [0, 0.1) is 0 Å². The second-order valence-electron chi connectivity index (χ2n) is 5.62. The van der Waals surface area contributed by atoms with E-state index in [1.165, 1.54) is 51.7 Å². The van der Waals surface area contributed by atoms with Gasteiger partial charge in [-0.1, -0.05) is 6.92 Å². The van der Waals surface area contributed by atoms with Gasteiger partial charge in [0.25, 0.3) is 0 Å². The van der Waals surface area contributed by atoms with Crippen LogP contribution in [-0.2, 0) is 4.74 Å². The van der Waals surface area contributed by atoms with E-state index in [4.69, 9.17) is 4.74 Å². The molecule has 2 saturated heterocycles. The lowest BCUT2D eigenvalue weighted by Gasteiger charge is -2.29. The van der Waals surface area contributed by atoms with Gasteiger partial charge in [0.2, 0.25) is 0 Å². The van der Waals surface area contributed by atoms with Gasteiger partial charge in [0.15, 0.2) is 0 Å². The van der Waals surface area contributed by atoms with Crippen molar-refractivity contribution in [1.82, 2.24) is 10.2 Å². The molecule has 0 aromatic carbocycles. The Kier molecular flexibility index (Phi) is 5.26.